The van der Waals surface area contributed by atoms with Gasteiger partial charge in [0.2, 0.25) is 0 Å². The fourth-order valence-corrected chi connectivity index (χ4v) is 3.06. The summed E-state index contributed by atoms with van der Waals surface area (Å²) in [5.41, 5.74) is 1.04. The van der Waals surface area contributed by atoms with Crippen molar-refractivity contribution in [3.63, 3.8) is 0 Å². The zero-order valence-electron chi connectivity index (χ0n) is 13.4. The number of rotatable bonds is 7. The van der Waals surface area contributed by atoms with Crippen molar-refractivity contribution in [2.75, 3.05) is 13.1 Å². The molecule has 0 aliphatic rings. The maximum Gasteiger partial charge on any atom is 0.0948 e. The predicted molar refractivity (Wildman–Crippen MR) is 90.5 cm³/mol. The molecule has 0 fully saturated rings. The molecular formula is C19H27NO. The minimum atomic E-state index is -0.450. The highest BCUT2D eigenvalue weighted by Crippen LogP contribution is 2.28. The van der Waals surface area contributed by atoms with Crippen LogP contribution in [0.4, 0.5) is 0 Å². The van der Waals surface area contributed by atoms with Crippen molar-refractivity contribution in [2.24, 2.45) is 0 Å². The van der Waals surface area contributed by atoms with E-state index in [1.807, 2.05) is 18.2 Å². The molecule has 0 aromatic heterocycles. The van der Waals surface area contributed by atoms with E-state index < -0.39 is 6.10 Å². The molecule has 0 saturated carbocycles. The van der Waals surface area contributed by atoms with E-state index in [0.29, 0.717) is 0 Å². The molecule has 2 nitrogen and oxygen atoms in total. The molecule has 2 heteroatoms. The van der Waals surface area contributed by atoms with Crippen LogP contribution in [0.1, 0.15) is 45.3 Å². The predicted octanol–water partition coefficient (Wildman–Crippen LogP) is 4.38. The molecule has 2 aromatic carbocycles. The van der Waals surface area contributed by atoms with E-state index in [-0.39, 0.29) is 6.04 Å². The summed E-state index contributed by atoms with van der Waals surface area (Å²) < 4.78 is 0. The van der Waals surface area contributed by atoms with Gasteiger partial charge in [-0.2, -0.15) is 0 Å². The second-order valence-corrected chi connectivity index (χ2v) is 5.79. The molecule has 2 rings (SSSR count). The second-order valence-electron chi connectivity index (χ2n) is 5.79. The van der Waals surface area contributed by atoms with E-state index in [9.17, 15) is 5.11 Å². The van der Waals surface area contributed by atoms with Gasteiger partial charge in [-0.25, -0.2) is 0 Å². The minimum Gasteiger partial charge on any atom is -0.387 e. The third-order valence-corrected chi connectivity index (χ3v) is 4.20. The van der Waals surface area contributed by atoms with Crippen molar-refractivity contribution in [1.29, 1.82) is 0 Å². The van der Waals surface area contributed by atoms with Crippen LogP contribution in [-0.2, 0) is 0 Å². The lowest BCUT2D eigenvalue weighted by Crippen LogP contribution is -2.38. The summed E-state index contributed by atoms with van der Waals surface area (Å²) in [5.74, 6) is 0. The molecule has 0 bridgehead atoms. The van der Waals surface area contributed by atoms with Crippen molar-refractivity contribution in [3.8, 4) is 0 Å². The normalized spacial score (nSPS) is 14.5. The molecule has 0 amide bonds. The molecule has 0 aliphatic carbocycles. The summed E-state index contributed by atoms with van der Waals surface area (Å²) in [4.78, 5) is 2.40. The number of fused-ring (bicyclic) bond motifs is 1. The monoisotopic (exact) mass is 285 g/mol. The number of aliphatic hydroxyl groups excluding tert-OH is 1. The van der Waals surface area contributed by atoms with E-state index in [1.165, 1.54) is 5.39 Å². The highest BCUT2D eigenvalue weighted by Gasteiger charge is 2.23. The Morgan fingerprint density at radius 2 is 1.57 bits per heavy atom. The molecule has 21 heavy (non-hydrogen) atoms. The third kappa shape index (κ3) is 3.63. The van der Waals surface area contributed by atoms with Crippen LogP contribution < -0.4 is 0 Å². The maximum absolute atomic E-state index is 10.9. The molecule has 0 heterocycles. The van der Waals surface area contributed by atoms with Gasteiger partial charge in [0.25, 0.3) is 0 Å². The van der Waals surface area contributed by atoms with Crippen molar-refractivity contribution in [2.45, 2.75) is 45.8 Å². The zero-order chi connectivity index (χ0) is 15.2. The fraction of sp³-hybridized carbons (Fsp3) is 0.474. The number of hydrogen-bond donors (Lipinski definition) is 1. The Balaban J connectivity index is 2.30. The van der Waals surface area contributed by atoms with Gasteiger partial charge in [0.1, 0.15) is 0 Å². The topological polar surface area (TPSA) is 23.5 Å². The summed E-state index contributed by atoms with van der Waals surface area (Å²) in [6, 6.07) is 14.6. The molecule has 114 valence electrons. The standard InChI is InChI=1S/C19H27NO/c1-4-13-20(14-5-2)15(3)19(21)18-12-8-10-16-9-6-7-11-17(16)18/h6-12,15,19,21H,4-5,13-14H2,1-3H3/t15-,19-/m1/s1. The smallest absolute Gasteiger partial charge is 0.0948 e. The molecule has 0 saturated heterocycles. The molecule has 0 unspecified atom stereocenters. The molecule has 0 aliphatic heterocycles. The molecule has 0 spiro atoms. The average molecular weight is 285 g/mol. The summed E-state index contributed by atoms with van der Waals surface area (Å²) in [6.07, 6.45) is 1.79. The highest BCUT2D eigenvalue weighted by molar-refractivity contribution is 5.86. The van der Waals surface area contributed by atoms with Crippen LogP contribution in [0.15, 0.2) is 42.5 Å². The van der Waals surface area contributed by atoms with Crippen LogP contribution in [0.5, 0.6) is 0 Å². The summed E-state index contributed by atoms with van der Waals surface area (Å²) in [6.45, 7) is 8.60. The fourth-order valence-electron chi connectivity index (χ4n) is 3.06. The average Bonchev–Trinajstić information content (AvgIpc) is 2.52. The van der Waals surface area contributed by atoms with Crippen LogP contribution in [0.2, 0.25) is 0 Å². The van der Waals surface area contributed by atoms with Gasteiger partial charge in [-0.3, -0.25) is 4.90 Å². The third-order valence-electron chi connectivity index (χ3n) is 4.20. The van der Waals surface area contributed by atoms with Gasteiger partial charge in [-0.05, 0) is 49.2 Å². The van der Waals surface area contributed by atoms with Gasteiger partial charge in [0.15, 0.2) is 0 Å². The zero-order valence-corrected chi connectivity index (χ0v) is 13.4. The Kier molecular flexibility index (Phi) is 5.77. The summed E-state index contributed by atoms with van der Waals surface area (Å²) >= 11 is 0. The quantitative estimate of drug-likeness (QED) is 0.816. The first-order valence-corrected chi connectivity index (χ1v) is 8.08. The van der Waals surface area contributed by atoms with Gasteiger partial charge in [0, 0.05) is 6.04 Å². The summed E-state index contributed by atoms with van der Waals surface area (Å²) in [7, 11) is 0. The molecule has 0 radical (unpaired) electrons. The van der Waals surface area contributed by atoms with E-state index >= 15 is 0 Å². The van der Waals surface area contributed by atoms with E-state index in [0.717, 1.165) is 36.9 Å². The van der Waals surface area contributed by atoms with Crippen molar-refractivity contribution in [1.82, 2.24) is 4.90 Å². The molecule has 2 aromatic rings. The lowest BCUT2D eigenvalue weighted by molar-refractivity contribution is 0.0586. The van der Waals surface area contributed by atoms with Crippen molar-refractivity contribution >= 4 is 10.8 Å². The lowest BCUT2D eigenvalue weighted by Gasteiger charge is -2.32. The maximum atomic E-state index is 10.9. The van der Waals surface area contributed by atoms with Gasteiger partial charge in [0.05, 0.1) is 6.10 Å². The Morgan fingerprint density at radius 3 is 2.24 bits per heavy atom. The van der Waals surface area contributed by atoms with E-state index in [4.69, 9.17) is 0 Å². The first-order chi connectivity index (χ1) is 10.2. The number of nitrogens with zero attached hydrogens (tertiary/aromatic N) is 1. The van der Waals surface area contributed by atoms with Crippen LogP contribution in [-0.4, -0.2) is 29.1 Å². The summed E-state index contributed by atoms with van der Waals surface area (Å²) in [5, 5.41) is 13.2. The Morgan fingerprint density at radius 1 is 0.952 bits per heavy atom. The first-order valence-electron chi connectivity index (χ1n) is 8.08. The Bertz CT molecular complexity index is 555. The van der Waals surface area contributed by atoms with Crippen molar-refractivity contribution < 1.29 is 5.11 Å². The van der Waals surface area contributed by atoms with Crippen LogP contribution in [0.25, 0.3) is 10.8 Å². The molecular weight excluding hydrogens is 258 g/mol. The van der Waals surface area contributed by atoms with Gasteiger partial charge < -0.3 is 5.11 Å². The Hall–Kier alpha value is -1.38. The van der Waals surface area contributed by atoms with Crippen LogP contribution >= 0.6 is 0 Å². The van der Waals surface area contributed by atoms with Crippen LogP contribution in [0.3, 0.4) is 0 Å². The highest BCUT2D eigenvalue weighted by atomic mass is 16.3. The minimum absolute atomic E-state index is 0.135. The van der Waals surface area contributed by atoms with Gasteiger partial charge >= 0.3 is 0 Å². The first kappa shape index (κ1) is 16.0. The molecule has 1 N–H and O–H groups in total. The Labute approximate surface area is 128 Å². The van der Waals surface area contributed by atoms with Crippen LogP contribution in [0, 0.1) is 0 Å². The van der Waals surface area contributed by atoms with E-state index in [1.54, 1.807) is 0 Å². The largest absolute Gasteiger partial charge is 0.387 e. The number of hydrogen-bond acceptors (Lipinski definition) is 2. The SMILES string of the molecule is CCCN(CCC)[C@H](C)[C@@H](O)c1cccc2ccccc12. The second kappa shape index (κ2) is 7.58. The lowest BCUT2D eigenvalue weighted by atomic mass is 9.96. The molecule has 2 atom stereocenters. The van der Waals surface area contributed by atoms with E-state index in [2.05, 4.69) is 49.9 Å². The van der Waals surface area contributed by atoms with Gasteiger partial charge in [-0.1, -0.05) is 56.3 Å². The van der Waals surface area contributed by atoms with Gasteiger partial charge in [-0.15, -0.1) is 0 Å². The number of aliphatic hydroxyl groups is 1. The number of benzene rings is 2. The van der Waals surface area contributed by atoms with Crippen molar-refractivity contribution in [3.05, 3.63) is 48.0 Å².